The van der Waals surface area contributed by atoms with Gasteiger partial charge in [-0.3, -0.25) is 4.79 Å². The predicted octanol–water partition coefficient (Wildman–Crippen LogP) is 2.63. The van der Waals surface area contributed by atoms with Crippen LogP contribution in [0.15, 0.2) is 41.2 Å². The Bertz CT molecular complexity index is 966. The van der Waals surface area contributed by atoms with Crippen molar-refractivity contribution < 1.29 is 22.4 Å². The highest BCUT2D eigenvalue weighted by molar-refractivity contribution is 7.88. The standard InChI is InChI=1S/C20H24N2O5S/c1-14-12-27-19-6-3-15(10-22(18-4-5-18)28(2,24)25)9-17(19)11-21(14)20(23)16-7-8-26-13-16/h3,6-9,13-14,18H,4-5,10-12H2,1-2H3/t14-/m0/s1. The molecule has 0 radical (unpaired) electrons. The molecule has 1 atom stereocenters. The molecule has 1 aliphatic heterocycles. The number of rotatable bonds is 5. The maximum atomic E-state index is 12.8. The Hall–Kier alpha value is -2.32. The highest BCUT2D eigenvalue weighted by atomic mass is 32.2. The number of nitrogens with zero attached hydrogens (tertiary/aromatic N) is 2. The minimum atomic E-state index is -3.26. The lowest BCUT2D eigenvalue weighted by Crippen LogP contribution is -2.39. The maximum absolute atomic E-state index is 12.8. The molecule has 1 amide bonds. The van der Waals surface area contributed by atoms with Crippen molar-refractivity contribution in [2.45, 2.75) is 44.9 Å². The number of hydrogen-bond acceptors (Lipinski definition) is 5. The largest absolute Gasteiger partial charge is 0.491 e. The van der Waals surface area contributed by atoms with Gasteiger partial charge in [-0.25, -0.2) is 8.42 Å². The van der Waals surface area contributed by atoms with E-state index >= 15 is 0 Å². The molecule has 8 heteroatoms. The third-order valence-electron chi connectivity index (χ3n) is 5.23. The number of amides is 1. The molecule has 1 aliphatic carbocycles. The van der Waals surface area contributed by atoms with Crippen molar-refractivity contribution in [2.75, 3.05) is 12.9 Å². The Morgan fingerprint density at radius 3 is 2.71 bits per heavy atom. The Kier molecular flexibility index (Phi) is 4.93. The summed E-state index contributed by atoms with van der Waals surface area (Å²) in [4.78, 5) is 14.6. The highest BCUT2D eigenvalue weighted by Crippen LogP contribution is 2.32. The van der Waals surface area contributed by atoms with E-state index in [1.54, 1.807) is 15.3 Å². The monoisotopic (exact) mass is 404 g/mol. The number of ether oxygens (including phenoxy) is 1. The van der Waals surface area contributed by atoms with Gasteiger partial charge in [0.15, 0.2) is 0 Å². The summed E-state index contributed by atoms with van der Waals surface area (Å²) < 4.78 is 36.7. The van der Waals surface area contributed by atoms with Crippen LogP contribution in [-0.2, 0) is 23.1 Å². The zero-order chi connectivity index (χ0) is 19.9. The van der Waals surface area contributed by atoms with Crippen molar-refractivity contribution in [3.8, 4) is 5.75 Å². The number of furan rings is 1. The summed E-state index contributed by atoms with van der Waals surface area (Å²) in [6, 6.07) is 7.37. The quantitative estimate of drug-likeness (QED) is 0.765. The molecule has 7 nitrogen and oxygen atoms in total. The van der Waals surface area contributed by atoms with Crippen LogP contribution in [0.2, 0.25) is 0 Å². The first-order valence-corrected chi connectivity index (χ1v) is 11.2. The second-order valence-corrected chi connectivity index (χ2v) is 9.52. The van der Waals surface area contributed by atoms with Gasteiger partial charge in [0.05, 0.1) is 30.7 Å². The first-order valence-electron chi connectivity index (χ1n) is 9.37. The van der Waals surface area contributed by atoms with Gasteiger partial charge in [-0.2, -0.15) is 4.31 Å². The second kappa shape index (κ2) is 7.25. The molecular weight excluding hydrogens is 380 g/mol. The van der Waals surface area contributed by atoms with Crippen molar-refractivity contribution in [2.24, 2.45) is 0 Å². The fourth-order valence-electron chi connectivity index (χ4n) is 3.52. The first-order chi connectivity index (χ1) is 13.3. The summed E-state index contributed by atoms with van der Waals surface area (Å²) in [6.07, 6.45) is 6.00. The third kappa shape index (κ3) is 3.93. The van der Waals surface area contributed by atoms with E-state index in [-0.39, 0.29) is 18.0 Å². The molecule has 4 rings (SSSR count). The number of benzene rings is 1. The van der Waals surface area contributed by atoms with E-state index in [0.29, 0.717) is 25.3 Å². The summed E-state index contributed by atoms with van der Waals surface area (Å²) in [6.45, 7) is 3.08. The maximum Gasteiger partial charge on any atom is 0.257 e. The van der Waals surface area contributed by atoms with Gasteiger partial charge in [0.25, 0.3) is 5.91 Å². The third-order valence-corrected chi connectivity index (χ3v) is 6.50. The van der Waals surface area contributed by atoms with Gasteiger partial charge in [-0.05, 0) is 43.5 Å². The molecule has 1 aromatic heterocycles. The molecule has 2 aliphatic rings. The summed E-state index contributed by atoms with van der Waals surface area (Å²) in [5.74, 6) is 0.620. The van der Waals surface area contributed by atoms with Crippen LogP contribution in [-0.4, -0.2) is 48.5 Å². The van der Waals surface area contributed by atoms with E-state index in [1.807, 2.05) is 25.1 Å². The number of carbonyl (C=O) groups excluding carboxylic acids is 1. The van der Waals surface area contributed by atoms with E-state index < -0.39 is 10.0 Å². The van der Waals surface area contributed by atoms with Gasteiger partial charge >= 0.3 is 0 Å². The molecule has 0 N–H and O–H groups in total. The average Bonchev–Trinajstić information content (AvgIpc) is 3.36. The molecule has 1 saturated carbocycles. The first kappa shape index (κ1) is 19.0. The lowest BCUT2D eigenvalue weighted by atomic mass is 10.1. The van der Waals surface area contributed by atoms with Crippen LogP contribution in [0.1, 0.15) is 41.3 Å². The van der Waals surface area contributed by atoms with Crippen LogP contribution in [0.25, 0.3) is 0 Å². The minimum absolute atomic E-state index is 0.0998. The molecule has 150 valence electrons. The van der Waals surface area contributed by atoms with Crippen LogP contribution in [0, 0.1) is 0 Å². The lowest BCUT2D eigenvalue weighted by molar-refractivity contribution is 0.0644. The van der Waals surface area contributed by atoms with Crippen LogP contribution in [0.5, 0.6) is 5.75 Å². The van der Waals surface area contributed by atoms with Crippen LogP contribution in [0.4, 0.5) is 0 Å². The van der Waals surface area contributed by atoms with Gasteiger partial charge in [0, 0.05) is 18.2 Å². The molecule has 0 unspecified atom stereocenters. The highest BCUT2D eigenvalue weighted by Gasteiger charge is 2.35. The predicted molar refractivity (Wildman–Crippen MR) is 103 cm³/mol. The molecule has 2 heterocycles. The lowest BCUT2D eigenvalue weighted by Gasteiger charge is -2.26. The Morgan fingerprint density at radius 1 is 1.29 bits per heavy atom. The molecule has 2 aromatic rings. The Labute approximate surface area is 164 Å². The summed E-state index contributed by atoms with van der Waals surface area (Å²) in [5, 5.41) is 0. The molecule has 0 spiro atoms. The molecule has 1 fully saturated rings. The second-order valence-electron chi connectivity index (χ2n) is 7.59. The van der Waals surface area contributed by atoms with Crippen molar-refractivity contribution in [3.63, 3.8) is 0 Å². The van der Waals surface area contributed by atoms with Crippen molar-refractivity contribution in [3.05, 3.63) is 53.5 Å². The fourth-order valence-corrected chi connectivity index (χ4v) is 4.65. The number of fused-ring (bicyclic) bond motifs is 1. The molecule has 1 aromatic carbocycles. The topological polar surface area (TPSA) is 80.1 Å². The molecular formula is C20H24N2O5S. The zero-order valence-electron chi connectivity index (χ0n) is 16.0. The number of sulfonamides is 1. The van der Waals surface area contributed by atoms with Gasteiger partial charge in [0.2, 0.25) is 10.0 Å². The van der Waals surface area contributed by atoms with Crippen LogP contribution in [0.3, 0.4) is 0 Å². The van der Waals surface area contributed by atoms with E-state index in [0.717, 1.165) is 29.7 Å². The Balaban J connectivity index is 1.59. The van der Waals surface area contributed by atoms with E-state index in [4.69, 9.17) is 9.15 Å². The molecule has 0 saturated heterocycles. The van der Waals surface area contributed by atoms with Gasteiger partial charge in [-0.15, -0.1) is 0 Å². The van der Waals surface area contributed by atoms with Gasteiger partial charge < -0.3 is 14.1 Å². The minimum Gasteiger partial charge on any atom is -0.491 e. The van der Waals surface area contributed by atoms with Crippen molar-refractivity contribution in [1.82, 2.24) is 9.21 Å². The summed E-state index contributed by atoms with van der Waals surface area (Å²) in [7, 11) is -3.26. The number of carbonyl (C=O) groups is 1. The SMILES string of the molecule is C[C@H]1COc2ccc(CN(C3CC3)S(C)(=O)=O)cc2CN1C(=O)c1ccoc1. The van der Waals surface area contributed by atoms with Crippen molar-refractivity contribution in [1.29, 1.82) is 0 Å². The van der Waals surface area contributed by atoms with Crippen LogP contribution >= 0.6 is 0 Å². The van der Waals surface area contributed by atoms with E-state index in [1.165, 1.54) is 18.8 Å². The van der Waals surface area contributed by atoms with Crippen LogP contribution < -0.4 is 4.74 Å². The normalized spacial score (nSPS) is 19.8. The van der Waals surface area contributed by atoms with E-state index in [2.05, 4.69) is 0 Å². The smallest absolute Gasteiger partial charge is 0.257 e. The van der Waals surface area contributed by atoms with Crippen molar-refractivity contribution >= 4 is 15.9 Å². The fraction of sp³-hybridized carbons (Fsp3) is 0.450. The summed E-state index contributed by atoms with van der Waals surface area (Å²) >= 11 is 0. The average molecular weight is 404 g/mol. The van der Waals surface area contributed by atoms with Gasteiger partial charge in [-0.1, -0.05) is 6.07 Å². The molecule has 0 bridgehead atoms. The molecule has 28 heavy (non-hydrogen) atoms. The number of hydrogen-bond donors (Lipinski definition) is 0. The zero-order valence-corrected chi connectivity index (χ0v) is 16.8. The van der Waals surface area contributed by atoms with E-state index in [9.17, 15) is 13.2 Å². The van der Waals surface area contributed by atoms with Gasteiger partial charge in [0.1, 0.15) is 18.6 Å². The summed E-state index contributed by atoms with van der Waals surface area (Å²) in [5.41, 5.74) is 2.27. The Morgan fingerprint density at radius 2 is 2.07 bits per heavy atom.